The van der Waals surface area contributed by atoms with Crippen molar-refractivity contribution in [3.8, 4) is 0 Å². The standard InChI is InChI=1S/C7H10N2O/c1-5-2-7(10)3-6(4-8)9-5/h2-3H,4,8H2,1H3,(H,9,10). The lowest BCUT2D eigenvalue weighted by molar-refractivity contribution is 0.963. The highest BCUT2D eigenvalue weighted by molar-refractivity contribution is 5.09. The molecule has 3 nitrogen and oxygen atoms in total. The fourth-order valence-corrected chi connectivity index (χ4v) is 0.862. The number of pyridine rings is 1. The molecule has 0 fully saturated rings. The summed E-state index contributed by atoms with van der Waals surface area (Å²) >= 11 is 0. The van der Waals surface area contributed by atoms with E-state index in [2.05, 4.69) is 4.98 Å². The van der Waals surface area contributed by atoms with E-state index < -0.39 is 0 Å². The quantitative estimate of drug-likeness (QED) is 0.580. The van der Waals surface area contributed by atoms with Crippen LogP contribution in [0.25, 0.3) is 0 Å². The molecule has 3 heteroatoms. The van der Waals surface area contributed by atoms with Crippen molar-refractivity contribution in [3.05, 3.63) is 33.7 Å². The number of nitrogens with two attached hydrogens (primary N) is 1. The zero-order valence-corrected chi connectivity index (χ0v) is 5.85. The fourth-order valence-electron chi connectivity index (χ4n) is 0.862. The van der Waals surface area contributed by atoms with E-state index in [1.165, 1.54) is 6.07 Å². The average Bonchev–Trinajstić information content (AvgIpc) is 1.85. The average molecular weight is 138 g/mol. The molecular weight excluding hydrogens is 128 g/mol. The molecule has 1 aromatic rings. The number of aromatic amines is 1. The highest BCUT2D eigenvalue weighted by atomic mass is 16.1. The first kappa shape index (κ1) is 7.02. The summed E-state index contributed by atoms with van der Waals surface area (Å²) in [6, 6.07) is 3.05. The van der Waals surface area contributed by atoms with Gasteiger partial charge in [-0.3, -0.25) is 4.79 Å². The van der Waals surface area contributed by atoms with Crippen molar-refractivity contribution in [1.82, 2.24) is 4.98 Å². The topological polar surface area (TPSA) is 58.9 Å². The van der Waals surface area contributed by atoms with Crippen molar-refractivity contribution in [3.63, 3.8) is 0 Å². The summed E-state index contributed by atoms with van der Waals surface area (Å²) in [7, 11) is 0. The Bertz CT molecular complexity index is 277. The Labute approximate surface area is 58.9 Å². The monoisotopic (exact) mass is 138 g/mol. The summed E-state index contributed by atoms with van der Waals surface area (Å²) in [4.78, 5) is 13.8. The van der Waals surface area contributed by atoms with Crippen LogP contribution in [0.2, 0.25) is 0 Å². The van der Waals surface area contributed by atoms with Crippen LogP contribution in [0.4, 0.5) is 0 Å². The van der Waals surface area contributed by atoms with E-state index in [4.69, 9.17) is 5.73 Å². The molecule has 0 radical (unpaired) electrons. The van der Waals surface area contributed by atoms with E-state index in [1.54, 1.807) is 6.07 Å². The zero-order chi connectivity index (χ0) is 7.56. The molecule has 0 saturated heterocycles. The SMILES string of the molecule is Cc1cc(=O)cc(CN)[nH]1. The van der Waals surface area contributed by atoms with Crippen LogP contribution in [0.3, 0.4) is 0 Å². The number of hydrogen-bond acceptors (Lipinski definition) is 2. The molecule has 0 aliphatic heterocycles. The molecule has 1 rings (SSSR count). The summed E-state index contributed by atoms with van der Waals surface area (Å²) < 4.78 is 0. The predicted molar refractivity (Wildman–Crippen MR) is 39.7 cm³/mol. The van der Waals surface area contributed by atoms with E-state index in [0.29, 0.717) is 6.54 Å². The largest absolute Gasteiger partial charge is 0.361 e. The Morgan fingerprint density at radius 1 is 1.60 bits per heavy atom. The first-order valence-electron chi connectivity index (χ1n) is 3.12. The number of H-pyrrole nitrogens is 1. The molecule has 0 unspecified atom stereocenters. The molecule has 0 saturated carbocycles. The van der Waals surface area contributed by atoms with E-state index in [0.717, 1.165) is 11.4 Å². The van der Waals surface area contributed by atoms with Crippen molar-refractivity contribution in [1.29, 1.82) is 0 Å². The summed E-state index contributed by atoms with van der Waals surface area (Å²) in [5.74, 6) is 0. The summed E-state index contributed by atoms with van der Waals surface area (Å²) in [5.41, 5.74) is 6.97. The van der Waals surface area contributed by atoms with Crippen molar-refractivity contribution in [2.24, 2.45) is 5.73 Å². The lowest BCUT2D eigenvalue weighted by Crippen LogP contribution is -2.07. The van der Waals surface area contributed by atoms with Gasteiger partial charge in [0.05, 0.1) is 0 Å². The molecule has 0 atom stereocenters. The van der Waals surface area contributed by atoms with Crippen molar-refractivity contribution >= 4 is 0 Å². The Kier molecular flexibility index (Phi) is 1.87. The Hall–Kier alpha value is -1.09. The Balaban J connectivity index is 3.19. The molecule has 0 aliphatic carbocycles. The maximum Gasteiger partial charge on any atom is 0.182 e. The minimum Gasteiger partial charge on any atom is -0.361 e. The first-order valence-corrected chi connectivity index (χ1v) is 3.12. The maximum absolute atomic E-state index is 10.8. The maximum atomic E-state index is 10.8. The summed E-state index contributed by atoms with van der Waals surface area (Å²) in [6.45, 7) is 2.22. The van der Waals surface area contributed by atoms with Crippen LogP contribution in [-0.4, -0.2) is 4.98 Å². The van der Waals surface area contributed by atoms with E-state index in [9.17, 15) is 4.79 Å². The van der Waals surface area contributed by atoms with Gasteiger partial charge in [0.2, 0.25) is 0 Å². The third-order valence-corrected chi connectivity index (χ3v) is 1.25. The third-order valence-electron chi connectivity index (χ3n) is 1.25. The van der Waals surface area contributed by atoms with Crippen LogP contribution in [0.5, 0.6) is 0 Å². The van der Waals surface area contributed by atoms with Crippen LogP contribution in [-0.2, 0) is 6.54 Å². The van der Waals surface area contributed by atoms with Gasteiger partial charge in [0.1, 0.15) is 0 Å². The first-order chi connectivity index (χ1) is 4.72. The van der Waals surface area contributed by atoms with Gasteiger partial charge in [0, 0.05) is 30.1 Å². The van der Waals surface area contributed by atoms with Gasteiger partial charge in [-0.1, -0.05) is 0 Å². The molecule has 0 spiro atoms. The van der Waals surface area contributed by atoms with Crippen LogP contribution in [0, 0.1) is 6.92 Å². The van der Waals surface area contributed by atoms with Gasteiger partial charge in [-0.15, -0.1) is 0 Å². The molecule has 1 aromatic heterocycles. The van der Waals surface area contributed by atoms with E-state index >= 15 is 0 Å². The number of aromatic nitrogens is 1. The molecule has 0 amide bonds. The minimum absolute atomic E-state index is 0.0108. The van der Waals surface area contributed by atoms with E-state index in [1.807, 2.05) is 6.92 Å². The van der Waals surface area contributed by atoms with Gasteiger partial charge in [-0.25, -0.2) is 0 Å². The highest BCUT2D eigenvalue weighted by Gasteiger charge is 1.91. The second-order valence-corrected chi connectivity index (χ2v) is 2.23. The van der Waals surface area contributed by atoms with Crippen LogP contribution in [0.1, 0.15) is 11.4 Å². The second-order valence-electron chi connectivity index (χ2n) is 2.23. The Morgan fingerprint density at radius 2 is 2.30 bits per heavy atom. The lowest BCUT2D eigenvalue weighted by atomic mass is 10.3. The molecule has 10 heavy (non-hydrogen) atoms. The van der Waals surface area contributed by atoms with Crippen LogP contribution in [0.15, 0.2) is 16.9 Å². The minimum atomic E-state index is 0.0108. The summed E-state index contributed by atoms with van der Waals surface area (Å²) in [5, 5.41) is 0. The second kappa shape index (κ2) is 2.66. The zero-order valence-electron chi connectivity index (χ0n) is 5.85. The summed E-state index contributed by atoms with van der Waals surface area (Å²) in [6.07, 6.45) is 0. The number of nitrogens with one attached hydrogen (secondary N) is 1. The molecule has 0 bridgehead atoms. The van der Waals surface area contributed by atoms with Gasteiger partial charge < -0.3 is 10.7 Å². The van der Waals surface area contributed by atoms with Gasteiger partial charge in [0.25, 0.3) is 0 Å². The van der Waals surface area contributed by atoms with Crippen LogP contribution < -0.4 is 11.2 Å². The molecular formula is C7H10N2O. The van der Waals surface area contributed by atoms with Gasteiger partial charge in [0.15, 0.2) is 5.43 Å². The Morgan fingerprint density at radius 3 is 2.80 bits per heavy atom. The van der Waals surface area contributed by atoms with Crippen LogP contribution >= 0.6 is 0 Å². The van der Waals surface area contributed by atoms with Gasteiger partial charge >= 0.3 is 0 Å². The smallest absolute Gasteiger partial charge is 0.182 e. The lowest BCUT2D eigenvalue weighted by Gasteiger charge is -1.96. The third kappa shape index (κ3) is 1.45. The van der Waals surface area contributed by atoms with Gasteiger partial charge in [-0.2, -0.15) is 0 Å². The predicted octanol–water partition coefficient (Wildman–Crippen LogP) is 0.142. The van der Waals surface area contributed by atoms with Gasteiger partial charge in [-0.05, 0) is 6.92 Å². The molecule has 0 aliphatic rings. The molecule has 0 aromatic carbocycles. The number of rotatable bonds is 1. The highest BCUT2D eigenvalue weighted by Crippen LogP contribution is 1.90. The normalized spacial score (nSPS) is 9.80. The van der Waals surface area contributed by atoms with Crippen molar-refractivity contribution in [2.75, 3.05) is 0 Å². The molecule has 54 valence electrons. The molecule has 3 N–H and O–H groups in total. The van der Waals surface area contributed by atoms with E-state index in [-0.39, 0.29) is 5.43 Å². The molecule has 1 heterocycles. The van der Waals surface area contributed by atoms with Crippen molar-refractivity contribution < 1.29 is 0 Å². The van der Waals surface area contributed by atoms with Crippen molar-refractivity contribution in [2.45, 2.75) is 13.5 Å². The fraction of sp³-hybridized carbons (Fsp3) is 0.286. The number of hydrogen-bond donors (Lipinski definition) is 2. The number of aryl methyl sites for hydroxylation is 1.